The second-order valence-corrected chi connectivity index (χ2v) is 6.50. The van der Waals surface area contributed by atoms with E-state index in [0.29, 0.717) is 32.5 Å². The molecule has 1 atom stereocenters. The lowest BCUT2D eigenvalue weighted by Gasteiger charge is -2.35. The van der Waals surface area contributed by atoms with Crippen molar-refractivity contribution in [3.8, 4) is 0 Å². The van der Waals surface area contributed by atoms with Crippen LogP contribution in [0.3, 0.4) is 0 Å². The Hall–Kier alpha value is -2.51. The number of carbonyl (C=O) groups excluding carboxylic acids is 2. The number of carbonyl (C=O) groups is 2. The first-order chi connectivity index (χ1) is 12.4. The number of nitrogens with zero attached hydrogens (tertiary/aromatic N) is 2. The van der Waals surface area contributed by atoms with E-state index in [1.165, 1.54) is 0 Å². The molecule has 0 spiro atoms. The Morgan fingerprint density at radius 1 is 1.19 bits per heavy atom. The summed E-state index contributed by atoms with van der Waals surface area (Å²) in [5.74, 6) is -4.51. The van der Waals surface area contributed by atoms with Crippen LogP contribution in [0, 0.1) is 17.5 Å². The molecule has 1 aromatic rings. The predicted octanol–water partition coefficient (Wildman–Crippen LogP) is 2.95. The molecular formula is C18H19F3N2O3. The number of cyclic esters (lactones) is 1. The fourth-order valence-electron chi connectivity index (χ4n) is 3.26. The molecule has 26 heavy (non-hydrogen) atoms. The van der Waals surface area contributed by atoms with Gasteiger partial charge in [0.2, 0.25) is 5.91 Å². The normalized spacial score (nSPS) is 21.5. The minimum atomic E-state index is -1.56. The number of rotatable bonds is 3. The molecule has 1 unspecified atom stereocenters. The van der Waals surface area contributed by atoms with Crippen LogP contribution in [0.2, 0.25) is 0 Å². The third kappa shape index (κ3) is 3.68. The van der Waals surface area contributed by atoms with Crippen LogP contribution in [0.25, 0.3) is 6.08 Å². The molecule has 3 rings (SSSR count). The van der Waals surface area contributed by atoms with Crippen LogP contribution in [-0.2, 0) is 9.53 Å². The Balaban J connectivity index is 1.57. The van der Waals surface area contributed by atoms with Crippen molar-refractivity contribution in [3.63, 3.8) is 0 Å². The Kier molecular flexibility index (Phi) is 5.20. The van der Waals surface area contributed by atoms with E-state index in [1.54, 1.807) is 9.80 Å². The monoisotopic (exact) mass is 368 g/mol. The van der Waals surface area contributed by atoms with E-state index in [0.717, 1.165) is 24.3 Å². The summed E-state index contributed by atoms with van der Waals surface area (Å²) in [6.07, 6.45) is 3.07. The van der Waals surface area contributed by atoms with Gasteiger partial charge in [-0.2, -0.15) is 0 Å². The molecule has 0 aromatic heterocycles. The zero-order valence-corrected chi connectivity index (χ0v) is 14.3. The van der Waals surface area contributed by atoms with Crippen molar-refractivity contribution >= 4 is 18.1 Å². The summed E-state index contributed by atoms with van der Waals surface area (Å²) in [6, 6.07) is 1.91. The van der Waals surface area contributed by atoms with Crippen molar-refractivity contribution in [2.24, 2.45) is 0 Å². The van der Waals surface area contributed by atoms with E-state index in [4.69, 9.17) is 4.74 Å². The molecule has 0 saturated carbocycles. The minimum absolute atomic E-state index is 0.0316. The summed E-state index contributed by atoms with van der Waals surface area (Å²) < 4.78 is 44.8. The van der Waals surface area contributed by atoms with Crippen molar-refractivity contribution in [2.45, 2.75) is 31.9 Å². The third-order valence-electron chi connectivity index (χ3n) is 4.68. The van der Waals surface area contributed by atoms with Gasteiger partial charge in [-0.25, -0.2) is 18.0 Å². The lowest BCUT2D eigenvalue weighted by Crippen LogP contribution is -2.46. The molecule has 2 amide bonds. The molecule has 8 heteroatoms. The van der Waals surface area contributed by atoms with Gasteiger partial charge in [-0.05, 0) is 38.0 Å². The van der Waals surface area contributed by atoms with Crippen molar-refractivity contribution in [1.82, 2.24) is 9.80 Å². The Bertz CT molecular complexity index is 745. The Morgan fingerprint density at radius 3 is 2.50 bits per heavy atom. The van der Waals surface area contributed by atoms with Crippen LogP contribution >= 0.6 is 0 Å². The fraction of sp³-hybridized carbons (Fsp3) is 0.444. The first kappa shape index (κ1) is 18.3. The minimum Gasteiger partial charge on any atom is -0.444 e. The summed E-state index contributed by atoms with van der Waals surface area (Å²) in [7, 11) is 0. The maximum absolute atomic E-state index is 13.6. The highest BCUT2D eigenvalue weighted by atomic mass is 19.2. The molecule has 0 bridgehead atoms. The lowest BCUT2D eigenvalue weighted by atomic mass is 10.0. The zero-order chi connectivity index (χ0) is 18.8. The van der Waals surface area contributed by atoms with Gasteiger partial charge in [-0.1, -0.05) is 0 Å². The summed E-state index contributed by atoms with van der Waals surface area (Å²) in [4.78, 5) is 27.3. The van der Waals surface area contributed by atoms with Gasteiger partial charge in [0.1, 0.15) is 6.10 Å². The number of halogens is 3. The Labute approximate surface area is 149 Å². The molecule has 0 N–H and O–H groups in total. The smallest absolute Gasteiger partial charge is 0.410 e. The van der Waals surface area contributed by atoms with E-state index in [9.17, 15) is 22.8 Å². The number of benzene rings is 1. The highest BCUT2D eigenvalue weighted by Crippen LogP contribution is 2.23. The van der Waals surface area contributed by atoms with Gasteiger partial charge < -0.3 is 14.5 Å². The van der Waals surface area contributed by atoms with Gasteiger partial charge in [0.05, 0.1) is 6.54 Å². The number of likely N-dealkylation sites (tertiary alicyclic amines) is 1. The van der Waals surface area contributed by atoms with Gasteiger partial charge in [0.15, 0.2) is 17.5 Å². The topological polar surface area (TPSA) is 49.9 Å². The van der Waals surface area contributed by atoms with Crippen LogP contribution in [0.5, 0.6) is 0 Å². The van der Waals surface area contributed by atoms with Crippen molar-refractivity contribution in [1.29, 1.82) is 0 Å². The average Bonchev–Trinajstić information content (AvgIpc) is 2.97. The van der Waals surface area contributed by atoms with Gasteiger partial charge in [-0.15, -0.1) is 0 Å². The van der Waals surface area contributed by atoms with E-state index in [-0.39, 0.29) is 29.7 Å². The lowest BCUT2D eigenvalue weighted by molar-refractivity contribution is -0.127. The zero-order valence-electron chi connectivity index (χ0n) is 14.3. The average molecular weight is 368 g/mol. The largest absolute Gasteiger partial charge is 0.444 e. The molecule has 2 heterocycles. The van der Waals surface area contributed by atoms with Crippen molar-refractivity contribution < 1.29 is 27.5 Å². The second-order valence-electron chi connectivity index (χ2n) is 6.50. The number of hydrogen-bond acceptors (Lipinski definition) is 3. The van der Waals surface area contributed by atoms with Crippen LogP contribution in [-0.4, -0.2) is 53.6 Å². The number of ether oxygens (including phenoxy) is 1. The van der Waals surface area contributed by atoms with E-state index < -0.39 is 17.5 Å². The molecular weight excluding hydrogens is 349 g/mol. The summed E-state index contributed by atoms with van der Waals surface area (Å²) in [6.45, 7) is 3.28. The third-order valence-corrected chi connectivity index (χ3v) is 4.68. The number of hydrogen-bond donors (Lipinski definition) is 0. The van der Waals surface area contributed by atoms with Gasteiger partial charge in [0, 0.05) is 30.8 Å². The maximum atomic E-state index is 13.6. The number of amides is 2. The first-order valence-corrected chi connectivity index (χ1v) is 8.44. The fourth-order valence-corrected chi connectivity index (χ4v) is 3.26. The van der Waals surface area contributed by atoms with E-state index >= 15 is 0 Å². The SMILES string of the molecule is CC1CN(C2CCN(C(=O)/C=C/c3ccc(F)c(F)c3F)CC2)C(=O)O1. The van der Waals surface area contributed by atoms with Crippen LogP contribution in [0.4, 0.5) is 18.0 Å². The van der Waals surface area contributed by atoms with Gasteiger partial charge >= 0.3 is 6.09 Å². The summed E-state index contributed by atoms with van der Waals surface area (Å²) >= 11 is 0. The summed E-state index contributed by atoms with van der Waals surface area (Å²) in [5, 5.41) is 0. The number of piperidine rings is 1. The molecule has 2 aliphatic heterocycles. The molecule has 2 fully saturated rings. The molecule has 2 saturated heterocycles. The molecule has 0 aliphatic carbocycles. The van der Waals surface area contributed by atoms with E-state index in [2.05, 4.69) is 0 Å². The van der Waals surface area contributed by atoms with Gasteiger partial charge in [0.25, 0.3) is 0 Å². The molecule has 1 aromatic carbocycles. The quantitative estimate of drug-likeness (QED) is 0.609. The highest BCUT2D eigenvalue weighted by molar-refractivity contribution is 5.91. The molecule has 0 radical (unpaired) electrons. The first-order valence-electron chi connectivity index (χ1n) is 8.44. The molecule has 140 valence electrons. The Morgan fingerprint density at radius 2 is 1.88 bits per heavy atom. The summed E-state index contributed by atoms with van der Waals surface area (Å²) in [5.41, 5.74) is -0.194. The van der Waals surface area contributed by atoms with Crippen molar-refractivity contribution in [3.05, 3.63) is 41.2 Å². The molecule has 5 nitrogen and oxygen atoms in total. The second kappa shape index (κ2) is 7.39. The van der Waals surface area contributed by atoms with Crippen LogP contribution < -0.4 is 0 Å². The van der Waals surface area contributed by atoms with Crippen molar-refractivity contribution in [2.75, 3.05) is 19.6 Å². The van der Waals surface area contributed by atoms with E-state index in [1.807, 2.05) is 6.92 Å². The standard InChI is InChI=1S/C18H19F3N2O3/c1-11-10-23(18(25)26-11)13-6-8-22(9-7-13)15(24)5-3-12-2-4-14(19)17(21)16(12)20/h2-5,11,13H,6-10H2,1H3/b5-3+. The predicted molar refractivity (Wildman–Crippen MR) is 87.6 cm³/mol. The maximum Gasteiger partial charge on any atom is 0.410 e. The van der Waals surface area contributed by atoms with Gasteiger partial charge in [-0.3, -0.25) is 4.79 Å². The van der Waals surface area contributed by atoms with Crippen LogP contribution in [0.1, 0.15) is 25.3 Å². The molecule has 2 aliphatic rings. The highest BCUT2D eigenvalue weighted by Gasteiger charge is 2.35. The van der Waals surface area contributed by atoms with Crippen LogP contribution in [0.15, 0.2) is 18.2 Å².